The first-order valence-electron chi connectivity index (χ1n) is 7.29. The van der Waals surface area contributed by atoms with Crippen molar-refractivity contribution < 1.29 is 0 Å². The molecule has 2 rings (SSSR count). The summed E-state index contributed by atoms with van der Waals surface area (Å²) < 4.78 is 0. The summed E-state index contributed by atoms with van der Waals surface area (Å²) in [6.07, 6.45) is 6.86. The molecule has 1 saturated carbocycles. The molecule has 1 N–H and O–H groups in total. The molecule has 0 amide bonds. The van der Waals surface area contributed by atoms with Crippen LogP contribution in [-0.2, 0) is 0 Å². The maximum atomic E-state index is 6.26. The maximum absolute atomic E-state index is 6.26. The van der Waals surface area contributed by atoms with E-state index in [4.69, 9.17) is 23.2 Å². The summed E-state index contributed by atoms with van der Waals surface area (Å²) in [6.45, 7) is 4.46. The van der Waals surface area contributed by atoms with Crippen molar-refractivity contribution >= 4 is 23.2 Å². The van der Waals surface area contributed by atoms with Gasteiger partial charge in [-0.05, 0) is 56.4 Å². The molecule has 1 nitrogen and oxygen atoms in total. The fourth-order valence-corrected chi connectivity index (χ4v) is 3.56. The largest absolute Gasteiger partial charge is 0.307 e. The van der Waals surface area contributed by atoms with Crippen LogP contribution in [0.2, 0.25) is 10.0 Å². The second-order valence-corrected chi connectivity index (χ2v) is 6.58. The van der Waals surface area contributed by atoms with Crippen LogP contribution < -0.4 is 5.32 Å². The molecule has 0 heterocycles. The Morgan fingerprint density at radius 3 is 2.47 bits per heavy atom. The average molecular weight is 300 g/mol. The third kappa shape index (κ3) is 4.11. The number of rotatable bonds is 4. The molecular formula is C16H23Cl2N. The Hall–Kier alpha value is -0.240. The second kappa shape index (κ2) is 6.97. The van der Waals surface area contributed by atoms with Gasteiger partial charge in [-0.1, -0.05) is 42.5 Å². The van der Waals surface area contributed by atoms with Crippen molar-refractivity contribution in [2.75, 3.05) is 0 Å². The minimum atomic E-state index is 0.239. The maximum Gasteiger partial charge on any atom is 0.0454 e. The van der Waals surface area contributed by atoms with Crippen molar-refractivity contribution in [2.24, 2.45) is 5.92 Å². The van der Waals surface area contributed by atoms with E-state index in [9.17, 15) is 0 Å². The predicted octanol–water partition coefficient (Wildman–Crippen LogP) is 5.61. The van der Waals surface area contributed by atoms with E-state index in [0.29, 0.717) is 6.04 Å². The summed E-state index contributed by atoms with van der Waals surface area (Å²) in [6, 6.07) is 6.45. The number of hydrogen-bond donors (Lipinski definition) is 1. The molecule has 0 aromatic heterocycles. The lowest BCUT2D eigenvalue weighted by atomic mass is 9.84. The van der Waals surface area contributed by atoms with Crippen LogP contribution in [0, 0.1) is 5.92 Å². The first-order valence-corrected chi connectivity index (χ1v) is 8.04. The highest BCUT2D eigenvalue weighted by atomic mass is 35.5. The van der Waals surface area contributed by atoms with Gasteiger partial charge in [0.1, 0.15) is 0 Å². The van der Waals surface area contributed by atoms with E-state index in [1.54, 1.807) is 0 Å². The summed E-state index contributed by atoms with van der Waals surface area (Å²) in [5.74, 6) is 0.800. The Labute approximate surface area is 126 Å². The Balaban J connectivity index is 1.99. The van der Waals surface area contributed by atoms with Crippen LogP contribution in [0.15, 0.2) is 18.2 Å². The third-order valence-corrected chi connectivity index (χ3v) is 4.87. The molecule has 106 valence electrons. The highest BCUT2D eigenvalue weighted by Gasteiger charge is 2.22. The highest BCUT2D eigenvalue weighted by Crippen LogP contribution is 2.30. The summed E-state index contributed by atoms with van der Waals surface area (Å²) in [7, 11) is 0. The minimum Gasteiger partial charge on any atom is -0.307 e. The molecule has 2 atom stereocenters. The van der Waals surface area contributed by atoms with Gasteiger partial charge in [0.15, 0.2) is 0 Å². The number of halogens is 2. The van der Waals surface area contributed by atoms with Gasteiger partial charge in [-0.15, -0.1) is 0 Å². The molecule has 1 aliphatic rings. The van der Waals surface area contributed by atoms with E-state index in [0.717, 1.165) is 21.5 Å². The molecule has 3 heteroatoms. The van der Waals surface area contributed by atoms with Crippen molar-refractivity contribution in [1.82, 2.24) is 5.32 Å². The number of hydrogen-bond acceptors (Lipinski definition) is 1. The van der Waals surface area contributed by atoms with Gasteiger partial charge in [0.2, 0.25) is 0 Å². The Morgan fingerprint density at radius 2 is 1.79 bits per heavy atom. The van der Waals surface area contributed by atoms with Crippen molar-refractivity contribution in [3.63, 3.8) is 0 Å². The number of nitrogens with one attached hydrogen (secondary N) is 1. The second-order valence-electron chi connectivity index (χ2n) is 5.74. The fourth-order valence-electron chi connectivity index (χ4n) is 3.10. The molecule has 1 aromatic carbocycles. The first-order chi connectivity index (χ1) is 9.08. The predicted molar refractivity (Wildman–Crippen MR) is 84.0 cm³/mol. The molecule has 0 saturated heterocycles. The summed E-state index contributed by atoms with van der Waals surface area (Å²) in [5.41, 5.74) is 1.09. The monoisotopic (exact) mass is 299 g/mol. The molecule has 1 aromatic rings. The van der Waals surface area contributed by atoms with E-state index in [-0.39, 0.29) is 6.04 Å². The zero-order valence-corrected chi connectivity index (χ0v) is 13.3. The van der Waals surface area contributed by atoms with Gasteiger partial charge in [-0.3, -0.25) is 0 Å². The molecule has 1 aliphatic carbocycles. The molecule has 0 radical (unpaired) electrons. The van der Waals surface area contributed by atoms with Crippen molar-refractivity contribution in [3.8, 4) is 0 Å². The third-order valence-electron chi connectivity index (χ3n) is 4.29. The lowest BCUT2D eigenvalue weighted by Gasteiger charge is -2.31. The van der Waals surface area contributed by atoms with Gasteiger partial charge >= 0.3 is 0 Å². The van der Waals surface area contributed by atoms with Gasteiger partial charge in [-0.2, -0.15) is 0 Å². The quantitative estimate of drug-likeness (QED) is 0.761. The lowest BCUT2D eigenvalue weighted by molar-refractivity contribution is 0.268. The normalized spacial score (nSPS) is 20.2. The van der Waals surface area contributed by atoms with Crippen LogP contribution in [0.25, 0.3) is 0 Å². The van der Waals surface area contributed by atoms with Crippen molar-refractivity contribution in [3.05, 3.63) is 33.8 Å². The van der Waals surface area contributed by atoms with Crippen LogP contribution in [0.5, 0.6) is 0 Å². The standard InChI is InChI=1S/C16H23Cl2N/c1-11(13-6-4-3-5-7-13)19-12(2)15-10-14(17)8-9-16(15)18/h8-13,19H,3-7H2,1-2H3. The van der Waals surface area contributed by atoms with Gasteiger partial charge in [0, 0.05) is 22.1 Å². The van der Waals surface area contributed by atoms with E-state index in [1.807, 2.05) is 18.2 Å². The zero-order chi connectivity index (χ0) is 13.8. The number of benzene rings is 1. The van der Waals surface area contributed by atoms with Crippen LogP contribution in [0.3, 0.4) is 0 Å². The van der Waals surface area contributed by atoms with E-state index in [2.05, 4.69) is 19.2 Å². The molecule has 0 spiro atoms. The molecule has 2 unspecified atom stereocenters. The van der Waals surface area contributed by atoms with Gasteiger partial charge in [0.25, 0.3) is 0 Å². The fraction of sp³-hybridized carbons (Fsp3) is 0.625. The lowest BCUT2D eigenvalue weighted by Crippen LogP contribution is -2.36. The minimum absolute atomic E-state index is 0.239. The van der Waals surface area contributed by atoms with Crippen LogP contribution in [-0.4, -0.2) is 6.04 Å². The van der Waals surface area contributed by atoms with E-state index in [1.165, 1.54) is 32.1 Å². The molecular weight excluding hydrogens is 277 g/mol. The van der Waals surface area contributed by atoms with Crippen LogP contribution >= 0.6 is 23.2 Å². The van der Waals surface area contributed by atoms with Gasteiger partial charge in [-0.25, -0.2) is 0 Å². The molecule has 0 bridgehead atoms. The highest BCUT2D eigenvalue weighted by molar-refractivity contribution is 6.33. The SMILES string of the molecule is CC(NC(C)C1CCCCC1)c1cc(Cl)ccc1Cl. The van der Waals surface area contributed by atoms with Gasteiger partial charge in [0.05, 0.1) is 0 Å². The summed E-state index contributed by atoms with van der Waals surface area (Å²) in [4.78, 5) is 0. The van der Waals surface area contributed by atoms with Gasteiger partial charge < -0.3 is 5.32 Å². The van der Waals surface area contributed by atoms with Crippen LogP contribution in [0.4, 0.5) is 0 Å². The van der Waals surface area contributed by atoms with E-state index < -0.39 is 0 Å². The zero-order valence-electron chi connectivity index (χ0n) is 11.8. The Morgan fingerprint density at radius 1 is 1.11 bits per heavy atom. The molecule has 0 aliphatic heterocycles. The Kier molecular flexibility index (Phi) is 5.56. The summed E-state index contributed by atoms with van der Waals surface area (Å²) >= 11 is 12.3. The van der Waals surface area contributed by atoms with Crippen molar-refractivity contribution in [2.45, 2.75) is 58.0 Å². The smallest absolute Gasteiger partial charge is 0.0454 e. The van der Waals surface area contributed by atoms with Crippen LogP contribution in [0.1, 0.15) is 57.6 Å². The Bertz CT molecular complexity index is 413. The van der Waals surface area contributed by atoms with Crippen molar-refractivity contribution in [1.29, 1.82) is 0 Å². The molecule has 19 heavy (non-hydrogen) atoms. The first kappa shape index (κ1) is 15.2. The topological polar surface area (TPSA) is 12.0 Å². The summed E-state index contributed by atoms with van der Waals surface area (Å²) in [5, 5.41) is 5.23. The molecule has 1 fully saturated rings. The van der Waals surface area contributed by atoms with E-state index >= 15 is 0 Å². The average Bonchev–Trinajstić information content (AvgIpc) is 2.42.